The molecule has 8 N–H and O–H groups in total. The van der Waals surface area contributed by atoms with Crippen LogP contribution in [-0.4, -0.2) is 128 Å². The molecule has 2 aliphatic heterocycles. The fourth-order valence-electron chi connectivity index (χ4n) is 3.68. The molecule has 0 aromatic carbocycles. The Bertz CT molecular complexity index is 886. The molecular weight excluding hydrogens is 504 g/mol. The molecule has 0 spiro atoms. The molecule has 0 saturated carbocycles. The summed E-state index contributed by atoms with van der Waals surface area (Å²) in [5, 5.41) is 80.7. The molecular formula is C26H38O12. The first-order valence-corrected chi connectivity index (χ1v) is 12.4. The minimum atomic E-state index is -1.72. The van der Waals surface area contributed by atoms with Crippen molar-refractivity contribution in [2.24, 2.45) is 0 Å². The average molecular weight is 543 g/mol. The van der Waals surface area contributed by atoms with E-state index in [2.05, 4.69) is 23.7 Å². The summed E-state index contributed by atoms with van der Waals surface area (Å²) >= 11 is 0. The van der Waals surface area contributed by atoms with E-state index >= 15 is 0 Å². The van der Waals surface area contributed by atoms with E-state index in [-0.39, 0.29) is 6.61 Å². The van der Waals surface area contributed by atoms with E-state index < -0.39 is 80.2 Å². The maximum Gasteiger partial charge on any atom is 0.187 e. The Balaban J connectivity index is 2.12. The van der Waals surface area contributed by atoms with Gasteiger partial charge in [-0.25, -0.2) is 0 Å². The van der Waals surface area contributed by atoms with Crippen molar-refractivity contribution < 1.29 is 59.8 Å². The van der Waals surface area contributed by atoms with Crippen LogP contribution >= 0.6 is 0 Å². The van der Waals surface area contributed by atoms with Crippen LogP contribution in [0.1, 0.15) is 26.7 Å². The van der Waals surface area contributed by atoms with E-state index in [0.29, 0.717) is 12.8 Å². The van der Waals surface area contributed by atoms with Crippen molar-refractivity contribution in [3.05, 3.63) is 24.3 Å². The maximum absolute atomic E-state index is 10.5. The molecule has 38 heavy (non-hydrogen) atoms. The third-order valence-electron chi connectivity index (χ3n) is 5.96. The third-order valence-corrected chi connectivity index (χ3v) is 5.96. The Kier molecular flexibility index (Phi) is 13.8. The predicted molar refractivity (Wildman–Crippen MR) is 132 cm³/mol. The highest BCUT2D eigenvalue weighted by molar-refractivity contribution is 5.32. The van der Waals surface area contributed by atoms with Crippen LogP contribution in [0.5, 0.6) is 0 Å². The fourth-order valence-corrected chi connectivity index (χ4v) is 3.68. The number of ether oxygens (including phenoxy) is 4. The first kappa shape index (κ1) is 32.3. The number of allylic oxidation sites excluding steroid dienone is 3. The van der Waals surface area contributed by atoms with Gasteiger partial charge in [-0.1, -0.05) is 30.1 Å². The molecule has 12 nitrogen and oxygen atoms in total. The number of aliphatic hydroxyl groups excluding tert-OH is 8. The van der Waals surface area contributed by atoms with Crippen molar-refractivity contribution >= 4 is 0 Å². The molecule has 0 radical (unpaired) electrons. The van der Waals surface area contributed by atoms with Gasteiger partial charge >= 0.3 is 0 Å². The van der Waals surface area contributed by atoms with E-state index in [0.717, 1.165) is 0 Å². The van der Waals surface area contributed by atoms with Gasteiger partial charge in [-0.15, -0.1) is 0 Å². The number of unbranched alkanes of at least 4 members (excludes halogenated alkanes) is 1. The number of hydrogen-bond acceptors (Lipinski definition) is 12. The Morgan fingerprint density at radius 2 is 1.58 bits per heavy atom. The van der Waals surface area contributed by atoms with Crippen molar-refractivity contribution in [3.8, 4) is 23.7 Å². The van der Waals surface area contributed by atoms with Crippen molar-refractivity contribution in [1.29, 1.82) is 0 Å². The SMILES string of the molecule is C/C=C/C#CC#CC(O)C(/C=C/CCCO)O[C@@H]1O[C@H](CO[C@@H]2O[C@@H](C)[C@H](O)[C@@H](O)[C@H]2O)[C@@H](O)[C@H](O)[C@H]1O. The zero-order chi connectivity index (χ0) is 28.2. The molecule has 2 saturated heterocycles. The highest BCUT2D eigenvalue weighted by atomic mass is 16.7. The Labute approximate surface area is 221 Å². The Hall–Kier alpha value is -1.88. The molecule has 2 fully saturated rings. The minimum absolute atomic E-state index is 0.0385. The molecule has 0 aromatic rings. The molecule has 0 amide bonds. The van der Waals surface area contributed by atoms with Gasteiger partial charge in [-0.2, -0.15) is 0 Å². The van der Waals surface area contributed by atoms with Gasteiger partial charge in [-0.05, 0) is 44.6 Å². The molecule has 2 aliphatic rings. The van der Waals surface area contributed by atoms with Gasteiger partial charge in [0, 0.05) is 6.61 Å². The molecule has 2 heterocycles. The van der Waals surface area contributed by atoms with Gasteiger partial charge < -0.3 is 59.8 Å². The zero-order valence-corrected chi connectivity index (χ0v) is 21.3. The van der Waals surface area contributed by atoms with Crippen LogP contribution in [-0.2, 0) is 18.9 Å². The summed E-state index contributed by atoms with van der Waals surface area (Å²) in [6.45, 7) is 2.77. The summed E-state index contributed by atoms with van der Waals surface area (Å²) in [4.78, 5) is 0. The van der Waals surface area contributed by atoms with E-state index in [1.165, 1.54) is 13.0 Å². The number of hydrogen-bond donors (Lipinski definition) is 8. The summed E-state index contributed by atoms with van der Waals surface area (Å²) in [5.74, 6) is 10.2. The second-order valence-corrected chi connectivity index (χ2v) is 8.91. The van der Waals surface area contributed by atoms with Gasteiger partial charge in [0.2, 0.25) is 0 Å². The lowest BCUT2D eigenvalue weighted by Crippen LogP contribution is -2.61. The van der Waals surface area contributed by atoms with Crippen LogP contribution in [0.4, 0.5) is 0 Å². The van der Waals surface area contributed by atoms with E-state index in [1.807, 2.05) is 0 Å². The summed E-state index contributed by atoms with van der Waals surface area (Å²) in [6, 6.07) is 0. The molecule has 0 aromatic heterocycles. The summed E-state index contributed by atoms with van der Waals surface area (Å²) < 4.78 is 22.1. The van der Waals surface area contributed by atoms with Gasteiger partial charge in [0.1, 0.15) is 54.9 Å². The lowest BCUT2D eigenvalue weighted by molar-refractivity contribution is -0.333. The highest BCUT2D eigenvalue weighted by Crippen LogP contribution is 2.27. The van der Waals surface area contributed by atoms with Crippen LogP contribution in [0.2, 0.25) is 0 Å². The molecule has 0 aliphatic carbocycles. The van der Waals surface area contributed by atoms with Crippen molar-refractivity contribution in [1.82, 2.24) is 0 Å². The van der Waals surface area contributed by atoms with Crippen LogP contribution in [0.25, 0.3) is 0 Å². The van der Waals surface area contributed by atoms with E-state index in [1.54, 1.807) is 25.2 Å². The van der Waals surface area contributed by atoms with Crippen LogP contribution in [0, 0.1) is 23.7 Å². The molecule has 214 valence electrons. The van der Waals surface area contributed by atoms with Gasteiger partial charge in [-0.3, -0.25) is 0 Å². The highest BCUT2D eigenvalue weighted by Gasteiger charge is 2.47. The maximum atomic E-state index is 10.5. The zero-order valence-electron chi connectivity index (χ0n) is 21.3. The minimum Gasteiger partial charge on any atom is -0.396 e. The van der Waals surface area contributed by atoms with Crippen molar-refractivity contribution in [2.45, 2.75) is 100 Å². The quantitative estimate of drug-likeness (QED) is 0.0808. The number of rotatable bonds is 10. The lowest BCUT2D eigenvalue weighted by atomic mass is 9.98. The summed E-state index contributed by atoms with van der Waals surface area (Å²) in [5.41, 5.74) is 0. The summed E-state index contributed by atoms with van der Waals surface area (Å²) in [7, 11) is 0. The Morgan fingerprint density at radius 1 is 0.895 bits per heavy atom. The van der Waals surface area contributed by atoms with Crippen molar-refractivity contribution in [2.75, 3.05) is 13.2 Å². The molecule has 2 rings (SSSR count). The first-order valence-electron chi connectivity index (χ1n) is 12.4. The Morgan fingerprint density at radius 3 is 2.26 bits per heavy atom. The molecule has 0 bridgehead atoms. The van der Waals surface area contributed by atoms with E-state index in [9.17, 15) is 35.7 Å². The standard InChI is InChI=1S/C26H38O12/c1-3-4-5-6-8-11-16(28)17(12-9-7-10-13-27)37-26-24(34)22(32)20(30)18(38-26)14-35-25-23(33)21(31)19(29)15(2)36-25/h3-4,9,12,15-34H,7,10,13-14H2,1-2H3/b4-3+,12-9+/t15-,16?,17?,18+,19-,20+,21+,22-,23+,24+,25+,26+/m0/s1. The second kappa shape index (κ2) is 16.3. The fraction of sp³-hybridized carbons (Fsp3) is 0.692. The monoisotopic (exact) mass is 542 g/mol. The first-order chi connectivity index (χ1) is 18.1. The van der Waals surface area contributed by atoms with Gasteiger partial charge in [0.15, 0.2) is 12.6 Å². The lowest BCUT2D eigenvalue weighted by Gasteiger charge is -2.43. The van der Waals surface area contributed by atoms with Crippen molar-refractivity contribution in [3.63, 3.8) is 0 Å². The van der Waals surface area contributed by atoms with E-state index in [4.69, 9.17) is 24.1 Å². The smallest absolute Gasteiger partial charge is 0.187 e. The van der Waals surface area contributed by atoms with Crippen LogP contribution in [0.15, 0.2) is 24.3 Å². The molecule has 2 unspecified atom stereocenters. The average Bonchev–Trinajstić information content (AvgIpc) is 2.90. The topological polar surface area (TPSA) is 199 Å². The molecule has 12 heteroatoms. The summed E-state index contributed by atoms with van der Waals surface area (Å²) in [6.07, 6.45) is -9.78. The van der Waals surface area contributed by atoms with Gasteiger partial charge in [0.05, 0.1) is 12.7 Å². The van der Waals surface area contributed by atoms with Gasteiger partial charge in [0.25, 0.3) is 0 Å². The largest absolute Gasteiger partial charge is 0.396 e. The second-order valence-electron chi connectivity index (χ2n) is 8.91. The predicted octanol–water partition coefficient (Wildman–Crippen LogP) is -2.70. The molecule has 12 atom stereocenters. The third kappa shape index (κ3) is 9.10. The number of aliphatic hydroxyl groups is 8. The van der Waals surface area contributed by atoms with Crippen LogP contribution in [0.3, 0.4) is 0 Å². The van der Waals surface area contributed by atoms with Crippen LogP contribution < -0.4 is 0 Å². The normalized spacial score (nSPS) is 37.3.